The van der Waals surface area contributed by atoms with Crippen LogP contribution in [0.15, 0.2) is 0 Å². The molecule has 0 aromatic heterocycles. The number of rotatable bonds is 2. The average Bonchev–Trinajstić information content (AvgIpc) is 2.33. The molecule has 2 unspecified atom stereocenters. The van der Waals surface area contributed by atoms with Gasteiger partial charge in [-0.3, -0.25) is 4.79 Å². The van der Waals surface area contributed by atoms with E-state index in [4.69, 9.17) is 4.74 Å². The first-order valence-electron chi connectivity index (χ1n) is 4.24. The molecule has 0 aliphatic carbocycles. The van der Waals surface area contributed by atoms with Crippen LogP contribution in [-0.2, 0) is 9.53 Å². The largest absolute Gasteiger partial charge is 0.380 e. The van der Waals surface area contributed by atoms with Crippen molar-refractivity contribution in [2.24, 2.45) is 17.8 Å². The lowest BCUT2D eigenvalue weighted by molar-refractivity contribution is -0.126. The van der Waals surface area contributed by atoms with Crippen molar-refractivity contribution >= 4 is 5.78 Å². The third-order valence-corrected chi connectivity index (χ3v) is 2.30. The molecular weight excluding hydrogens is 140 g/mol. The molecule has 1 fully saturated rings. The fourth-order valence-corrected chi connectivity index (χ4v) is 1.45. The van der Waals surface area contributed by atoms with Gasteiger partial charge in [0.25, 0.3) is 0 Å². The quantitative estimate of drug-likeness (QED) is 0.605. The number of ketones is 1. The monoisotopic (exact) mass is 156 g/mol. The normalized spacial score (nSPS) is 31.3. The van der Waals surface area contributed by atoms with Crippen molar-refractivity contribution in [3.05, 3.63) is 0 Å². The Balaban J connectivity index is 2.53. The number of carbonyl (C=O) groups excluding carboxylic acids is 1. The van der Waals surface area contributed by atoms with Gasteiger partial charge in [-0.1, -0.05) is 20.8 Å². The molecule has 0 radical (unpaired) electrons. The molecule has 0 bridgehead atoms. The third-order valence-electron chi connectivity index (χ3n) is 2.30. The van der Waals surface area contributed by atoms with Gasteiger partial charge in [-0.05, 0) is 5.92 Å². The van der Waals surface area contributed by atoms with Crippen LogP contribution in [0.1, 0.15) is 20.8 Å². The summed E-state index contributed by atoms with van der Waals surface area (Å²) in [6, 6.07) is 0. The van der Waals surface area contributed by atoms with E-state index in [1.165, 1.54) is 0 Å². The van der Waals surface area contributed by atoms with Crippen LogP contribution in [0.4, 0.5) is 0 Å². The van der Waals surface area contributed by atoms with Crippen LogP contribution in [0.5, 0.6) is 0 Å². The highest BCUT2D eigenvalue weighted by molar-refractivity contribution is 5.83. The number of hydrogen-bond acceptors (Lipinski definition) is 2. The molecule has 2 nitrogen and oxygen atoms in total. The summed E-state index contributed by atoms with van der Waals surface area (Å²) in [6.07, 6.45) is 0. The van der Waals surface area contributed by atoms with Crippen molar-refractivity contribution < 1.29 is 9.53 Å². The van der Waals surface area contributed by atoms with E-state index in [2.05, 4.69) is 6.92 Å². The van der Waals surface area contributed by atoms with Crippen molar-refractivity contribution in [3.63, 3.8) is 0 Å². The Morgan fingerprint density at radius 3 is 2.45 bits per heavy atom. The van der Waals surface area contributed by atoms with Gasteiger partial charge in [0.05, 0.1) is 6.61 Å². The highest BCUT2D eigenvalue weighted by atomic mass is 16.5. The smallest absolute Gasteiger partial charge is 0.141 e. The van der Waals surface area contributed by atoms with E-state index < -0.39 is 0 Å². The van der Waals surface area contributed by atoms with Crippen molar-refractivity contribution in [3.8, 4) is 0 Å². The van der Waals surface area contributed by atoms with E-state index in [1.807, 2.05) is 13.8 Å². The Labute approximate surface area is 67.9 Å². The Kier molecular flexibility index (Phi) is 2.66. The van der Waals surface area contributed by atoms with Gasteiger partial charge in [0.1, 0.15) is 5.78 Å². The average molecular weight is 156 g/mol. The highest BCUT2D eigenvalue weighted by Crippen LogP contribution is 2.23. The van der Waals surface area contributed by atoms with Gasteiger partial charge in [0.15, 0.2) is 0 Å². The SMILES string of the molecule is CC(C)C(=O)C1COCC1C. The van der Waals surface area contributed by atoms with Crippen LogP contribution >= 0.6 is 0 Å². The summed E-state index contributed by atoms with van der Waals surface area (Å²) in [5.41, 5.74) is 0. The second-order valence-electron chi connectivity index (χ2n) is 3.68. The number of hydrogen-bond donors (Lipinski definition) is 0. The van der Waals surface area contributed by atoms with Crippen LogP contribution in [0.25, 0.3) is 0 Å². The van der Waals surface area contributed by atoms with Crippen molar-refractivity contribution in [1.29, 1.82) is 0 Å². The lowest BCUT2D eigenvalue weighted by Crippen LogP contribution is -2.24. The van der Waals surface area contributed by atoms with Crippen LogP contribution in [-0.4, -0.2) is 19.0 Å². The predicted octanol–water partition coefficient (Wildman–Crippen LogP) is 1.49. The lowest BCUT2D eigenvalue weighted by Gasteiger charge is -2.13. The molecular formula is C9H16O2. The molecule has 1 aliphatic rings. The van der Waals surface area contributed by atoms with Gasteiger partial charge in [-0.15, -0.1) is 0 Å². The molecule has 11 heavy (non-hydrogen) atoms. The molecule has 0 spiro atoms. The fraction of sp³-hybridized carbons (Fsp3) is 0.889. The first kappa shape index (κ1) is 8.72. The Hall–Kier alpha value is -0.370. The first-order chi connectivity index (χ1) is 5.13. The molecule has 2 heteroatoms. The summed E-state index contributed by atoms with van der Waals surface area (Å²) in [4.78, 5) is 11.5. The topological polar surface area (TPSA) is 26.3 Å². The Morgan fingerprint density at radius 1 is 1.45 bits per heavy atom. The highest BCUT2D eigenvalue weighted by Gasteiger charge is 2.31. The summed E-state index contributed by atoms with van der Waals surface area (Å²) in [6.45, 7) is 7.38. The van der Waals surface area contributed by atoms with Crippen LogP contribution in [0.3, 0.4) is 0 Å². The summed E-state index contributed by atoms with van der Waals surface area (Å²) in [7, 11) is 0. The maximum atomic E-state index is 11.5. The molecule has 64 valence electrons. The Morgan fingerprint density at radius 2 is 2.09 bits per heavy atom. The molecule has 0 saturated carbocycles. The van der Waals surface area contributed by atoms with Crippen molar-refractivity contribution in [2.75, 3.05) is 13.2 Å². The summed E-state index contributed by atoms with van der Waals surface area (Å²) in [5.74, 6) is 1.10. The van der Waals surface area contributed by atoms with Gasteiger partial charge in [0, 0.05) is 18.4 Å². The number of ether oxygens (including phenoxy) is 1. The maximum absolute atomic E-state index is 11.5. The zero-order chi connectivity index (χ0) is 8.43. The Bertz CT molecular complexity index is 152. The third kappa shape index (κ3) is 1.80. The molecule has 1 rings (SSSR count). The second kappa shape index (κ2) is 3.35. The lowest BCUT2D eigenvalue weighted by atomic mass is 9.88. The molecule has 0 aromatic carbocycles. The molecule has 1 aliphatic heterocycles. The maximum Gasteiger partial charge on any atom is 0.141 e. The molecule has 1 heterocycles. The minimum absolute atomic E-state index is 0.157. The standard InChI is InChI=1S/C9H16O2/c1-6(2)9(10)8-5-11-4-7(8)3/h6-8H,4-5H2,1-3H3. The van der Waals surface area contributed by atoms with Crippen LogP contribution in [0, 0.1) is 17.8 Å². The minimum atomic E-state index is 0.157. The number of carbonyl (C=O) groups is 1. The molecule has 0 N–H and O–H groups in total. The molecule has 2 atom stereocenters. The minimum Gasteiger partial charge on any atom is -0.380 e. The van der Waals surface area contributed by atoms with E-state index in [9.17, 15) is 4.79 Å². The number of Topliss-reactive ketones (excluding diaryl/α,β-unsaturated/α-hetero) is 1. The van der Waals surface area contributed by atoms with E-state index in [0.29, 0.717) is 18.3 Å². The van der Waals surface area contributed by atoms with Gasteiger partial charge in [-0.25, -0.2) is 0 Å². The zero-order valence-electron chi connectivity index (χ0n) is 7.46. The van der Waals surface area contributed by atoms with Gasteiger partial charge in [-0.2, -0.15) is 0 Å². The fourth-order valence-electron chi connectivity index (χ4n) is 1.45. The van der Waals surface area contributed by atoms with Gasteiger partial charge >= 0.3 is 0 Å². The molecule has 0 amide bonds. The van der Waals surface area contributed by atoms with Crippen LogP contribution in [0.2, 0.25) is 0 Å². The predicted molar refractivity (Wildman–Crippen MR) is 43.3 cm³/mol. The second-order valence-corrected chi connectivity index (χ2v) is 3.68. The van der Waals surface area contributed by atoms with E-state index >= 15 is 0 Å². The summed E-state index contributed by atoms with van der Waals surface area (Å²) < 4.78 is 5.22. The van der Waals surface area contributed by atoms with Crippen molar-refractivity contribution in [1.82, 2.24) is 0 Å². The molecule has 0 aromatic rings. The van der Waals surface area contributed by atoms with Crippen LogP contribution < -0.4 is 0 Å². The first-order valence-corrected chi connectivity index (χ1v) is 4.24. The van der Waals surface area contributed by atoms with Gasteiger partial charge < -0.3 is 4.74 Å². The summed E-state index contributed by atoms with van der Waals surface area (Å²) in [5, 5.41) is 0. The van der Waals surface area contributed by atoms with Gasteiger partial charge in [0.2, 0.25) is 0 Å². The zero-order valence-corrected chi connectivity index (χ0v) is 7.46. The summed E-state index contributed by atoms with van der Waals surface area (Å²) >= 11 is 0. The van der Waals surface area contributed by atoms with E-state index in [0.717, 1.165) is 6.61 Å². The van der Waals surface area contributed by atoms with E-state index in [-0.39, 0.29) is 11.8 Å². The van der Waals surface area contributed by atoms with Crippen molar-refractivity contribution in [2.45, 2.75) is 20.8 Å². The molecule has 1 saturated heterocycles. The van der Waals surface area contributed by atoms with E-state index in [1.54, 1.807) is 0 Å².